The molecule has 21 heavy (non-hydrogen) atoms. The maximum absolute atomic E-state index is 10.0. The van der Waals surface area contributed by atoms with Crippen molar-refractivity contribution in [2.24, 2.45) is 23.2 Å². The van der Waals surface area contributed by atoms with E-state index in [0.29, 0.717) is 18.6 Å². The Kier molecular flexibility index (Phi) is 4.37. The van der Waals surface area contributed by atoms with Gasteiger partial charge >= 0.3 is 0 Å². The molecule has 0 heterocycles. The van der Waals surface area contributed by atoms with Gasteiger partial charge in [0.1, 0.15) is 0 Å². The number of nitrogens with one attached hydrogen (secondary N) is 1. The molecule has 4 aliphatic carbocycles. The Morgan fingerprint density at radius 2 is 1.62 bits per heavy atom. The van der Waals surface area contributed by atoms with Crippen molar-refractivity contribution in [2.45, 2.75) is 70.9 Å². The molecule has 4 rings (SSSR count). The van der Waals surface area contributed by atoms with E-state index in [2.05, 4.69) is 26.1 Å². The minimum atomic E-state index is -0.391. The lowest BCUT2D eigenvalue weighted by Crippen LogP contribution is -2.48. The van der Waals surface area contributed by atoms with Crippen LogP contribution >= 0.6 is 0 Å². The first-order valence-electron chi connectivity index (χ1n) is 8.84. The molecule has 0 amide bonds. The van der Waals surface area contributed by atoms with Crippen molar-refractivity contribution in [1.29, 1.82) is 0 Å². The van der Waals surface area contributed by atoms with Crippen LogP contribution in [-0.4, -0.2) is 36.5 Å². The summed E-state index contributed by atoms with van der Waals surface area (Å²) in [5.41, 5.74) is 0.521. The van der Waals surface area contributed by atoms with Crippen LogP contribution in [0, 0.1) is 23.2 Å². The van der Waals surface area contributed by atoms with Gasteiger partial charge in [-0.3, -0.25) is 0 Å². The highest BCUT2D eigenvalue weighted by Crippen LogP contribution is 2.59. The predicted octanol–water partition coefficient (Wildman–Crippen LogP) is 2.97. The van der Waals surface area contributed by atoms with E-state index in [1.807, 2.05) is 0 Å². The highest BCUT2D eigenvalue weighted by Gasteiger charge is 2.50. The van der Waals surface area contributed by atoms with Gasteiger partial charge in [0.2, 0.25) is 0 Å². The molecule has 0 aromatic rings. The zero-order valence-corrected chi connectivity index (χ0v) is 14.0. The van der Waals surface area contributed by atoms with Crippen LogP contribution in [0.25, 0.3) is 0 Å². The van der Waals surface area contributed by atoms with Crippen LogP contribution in [0.4, 0.5) is 0 Å². The van der Waals surface area contributed by atoms with Crippen molar-refractivity contribution in [3.8, 4) is 0 Å². The minimum Gasteiger partial charge on any atom is -0.389 e. The molecule has 4 bridgehead atoms. The van der Waals surface area contributed by atoms with Gasteiger partial charge in [-0.25, -0.2) is 0 Å². The molecule has 122 valence electrons. The fourth-order valence-electron chi connectivity index (χ4n) is 5.36. The number of hydrogen-bond donors (Lipinski definition) is 2. The molecule has 2 N–H and O–H groups in total. The first-order valence-corrected chi connectivity index (χ1v) is 8.84. The van der Waals surface area contributed by atoms with Crippen molar-refractivity contribution in [2.75, 3.05) is 19.8 Å². The Morgan fingerprint density at radius 3 is 2.10 bits per heavy atom. The maximum Gasteiger partial charge on any atom is 0.0897 e. The summed E-state index contributed by atoms with van der Waals surface area (Å²) in [4.78, 5) is 0. The maximum atomic E-state index is 10.0. The van der Waals surface area contributed by atoms with Crippen molar-refractivity contribution < 1.29 is 9.84 Å². The molecule has 0 saturated heterocycles. The molecule has 0 spiro atoms. The van der Waals surface area contributed by atoms with Crippen LogP contribution < -0.4 is 5.32 Å². The molecule has 4 saturated carbocycles. The predicted molar refractivity (Wildman–Crippen MR) is 85.2 cm³/mol. The number of aliphatic hydroxyl groups excluding tert-OH is 1. The molecule has 0 aromatic carbocycles. The lowest BCUT2D eigenvalue weighted by Gasteiger charge is -2.56. The van der Waals surface area contributed by atoms with Crippen LogP contribution in [0.15, 0.2) is 0 Å². The first-order chi connectivity index (χ1) is 9.84. The Morgan fingerprint density at radius 1 is 1.10 bits per heavy atom. The van der Waals surface area contributed by atoms with Crippen molar-refractivity contribution >= 4 is 0 Å². The monoisotopic (exact) mass is 295 g/mol. The lowest BCUT2D eigenvalue weighted by atomic mass is 9.50. The van der Waals surface area contributed by atoms with Gasteiger partial charge in [-0.15, -0.1) is 0 Å². The fourth-order valence-corrected chi connectivity index (χ4v) is 5.36. The summed E-state index contributed by atoms with van der Waals surface area (Å²) in [5.74, 6) is 2.94. The smallest absolute Gasteiger partial charge is 0.0897 e. The zero-order chi connectivity index (χ0) is 15.1. The van der Waals surface area contributed by atoms with Gasteiger partial charge in [0.05, 0.1) is 19.3 Å². The van der Waals surface area contributed by atoms with E-state index in [1.165, 1.54) is 38.5 Å². The Balaban J connectivity index is 1.41. The van der Waals surface area contributed by atoms with Crippen LogP contribution in [0.2, 0.25) is 0 Å². The van der Waals surface area contributed by atoms with E-state index in [0.717, 1.165) is 24.4 Å². The second kappa shape index (κ2) is 5.82. The molecule has 0 unspecified atom stereocenters. The number of β-amino-alcohol motifs (C(OH)–C–C–N with tert-alkyl or cyclic N) is 1. The van der Waals surface area contributed by atoms with E-state index < -0.39 is 6.10 Å². The molecular formula is C18H33NO2. The summed E-state index contributed by atoms with van der Waals surface area (Å²) >= 11 is 0. The lowest BCUT2D eigenvalue weighted by molar-refractivity contribution is -0.105. The summed E-state index contributed by atoms with van der Waals surface area (Å²) < 4.78 is 5.96. The van der Waals surface area contributed by atoms with Crippen LogP contribution in [0.3, 0.4) is 0 Å². The van der Waals surface area contributed by atoms with Crippen molar-refractivity contribution in [1.82, 2.24) is 5.32 Å². The third-order valence-corrected chi connectivity index (χ3v) is 5.75. The number of hydrogen-bond acceptors (Lipinski definition) is 3. The van der Waals surface area contributed by atoms with Gasteiger partial charge in [-0.2, -0.15) is 0 Å². The molecule has 0 radical (unpaired) electrons. The molecule has 0 aromatic heterocycles. The van der Waals surface area contributed by atoms with E-state index >= 15 is 0 Å². The normalized spacial score (nSPS) is 39.7. The zero-order valence-electron chi connectivity index (χ0n) is 14.0. The van der Waals surface area contributed by atoms with Gasteiger partial charge in [0.25, 0.3) is 0 Å². The summed E-state index contributed by atoms with van der Waals surface area (Å²) in [6, 6.07) is 0. The van der Waals surface area contributed by atoms with Gasteiger partial charge in [-0.1, -0.05) is 0 Å². The summed E-state index contributed by atoms with van der Waals surface area (Å²) in [6.45, 7) is 8.33. The Bertz CT molecular complexity index is 325. The highest BCUT2D eigenvalue weighted by atomic mass is 16.5. The third kappa shape index (κ3) is 4.00. The molecule has 1 atom stereocenters. The van der Waals surface area contributed by atoms with Crippen LogP contribution in [-0.2, 0) is 4.74 Å². The SMILES string of the molecule is CC(C)(C)NC[C@H](O)COCC12CC3CC(CC(C3)C1)C2. The third-order valence-electron chi connectivity index (χ3n) is 5.75. The topological polar surface area (TPSA) is 41.5 Å². The summed E-state index contributed by atoms with van der Waals surface area (Å²) in [6.07, 6.45) is 8.21. The largest absolute Gasteiger partial charge is 0.389 e. The Hall–Kier alpha value is -0.120. The summed E-state index contributed by atoms with van der Waals surface area (Å²) in [7, 11) is 0. The first kappa shape index (κ1) is 15.8. The molecule has 0 aliphatic heterocycles. The van der Waals surface area contributed by atoms with Crippen molar-refractivity contribution in [3.63, 3.8) is 0 Å². The Labute approximate surface area is 129 Å². The van der Waals surface area contributed by atoms with E-state index in [-0.39, 0.29) is 5.54 Å². The fraction of sp³-hybridized carbons (Fsp3) is 1.00. The number of rotatable bonds is 6. The molecule has 3 heteroatoms. The second-order valence-electron chi connectivity index (χ2n) is 9.22. The number of aliphatic hydroxyl groups is 1. The van der Waals surface area contributed by atoms with Gasteiger partial charge in [0, 0.05) is 12.1 Å². The minimum absolute atomic E-state index is 0.0565. The average molecular weight is 295 g/mol. The van der Waals surface area contributed by atoms with Crippen LogP contribution in [0.5, 0.6) is 0 Å². The standard InChI is InChI=1S/C18H33NO2/c1-17(2,3)19-10-16(20)11-21-12-18-7-13-4-14(8-18)6-15(5-13)9-18/h13-16,19-20H,4-12H2,1-3H3/t13?,14?,15?,16-,18?/m0/s1. The molecular weight excluding hydrogens is 262 g/mol. The van der Waals surface area contributed by atoms with Gasteiger partial charge < -0.3 is 15.2 Å². The van der Waals surface area contributed by atoms with Crippen molar-refractivity contribution in [3.05, 3.63) is 0 Å². The van der Waals surface area contributed by atoms with Gasteiger partial charge in [0.15, 0.2) is 0 Å². The highest BCUT2D eigenvalue weighted by molar-refractivity contribution is 5.01. The summed E-state index contributed by atoms with van der Waals surface area (Å²) in [5, 5.41) is 13.4. The van der Waals surface area contributed by atoms with Crippen LogP contribution in [0.1, 0.15) is 59.3 Å². The van der Waals surface area contributed by atoms with E-state index in [4.69, 9.17) is 4.74 Å². The quantitative estimate of drug-likeness (QED) is 0.791. The van der Waals surface area contributed by atoms with E-state index in [1.54, 1.807) is 0 Å². The molecule has 4 fully saturated rings. The second-order valence-corrected chi connectivity index (χ2v) is 9.22. The van der Waals surface area contributed by atoms with E-state index in [9.17, 15) is 5.11 Å². The molecule has 4 aliphatic rings. The molecule has 3 nitrogen and oxygen atoms in total. The average Bonchev–Trinajstić information content (AvgIpc) is 2.33. The number of ether oxygens (including phenoxy) is 1. The van der Waals surface area contributed by atoms with Gasteiger partial charge in [-0.05, 0) is 82.5 Å².